The number of allylic oxidation sites excluding steroid dienone is 1. The quantitative estimate of drug-likeness (QED) is 0.251. The molecule has 0 heterocycles. The molecule has 0 atom stereocenters. The highest BCUT2D eigenvalue weighted by Gasteiger charge is 2.11. The van der Waals surface area contributed by atoms with Gasteiger partial charge in [0.1, 0.15) is 23.1 Å². The standard InChI is InChI=1S/C25H26N2O5/c1-4-6-20-13-19(9-12-23(20)32-17-24(28)31-5-2)14-21(15-26)25(29)27-16-18-7-10-22(30-3)11-8-18/h4,7-14H,1,5-6,16-17H2,2-3H3,(H,27,29)/b21-14-. The molecule has 1 amide bonds. The molecule has 7 nitrogen and oxygen atoms in total. The molecule has 32 heavy (non-hydrogen) atoms. The number of amides is 1. The van der Waals surface area contributed by atoms with Crippen molar-refractivity contribution in [2.24, 2.45) is 0 Å². The zero-order valence-corrected chi connectivity index (χ0v) is 18.2. The first-order valence-electron chi connectivity index (χ1n) is 10.1. The largest absolute Gasteiger partial charge is 0.497 e. The number of carbonyl (C=O) groups excluding carboxylic acids is 2. The number of carbonyl (C=O) groups is 2. The van der Waals surface area contributed by atoms with Crippen molar-refractivity contribution in [2.45, 2.75) is 19.9 Å². The van der Waals surface area contributed by atoms with E-state index in [9.17, 15) is 14.9 Å². The van der Waals surface area contributed by atoms with Crippen LogP contribution in [-0.2, 0) is 27.3 Å². The van der Waals surface area contributed by atoms with Crippen molar-refractivity contribution in [3.63, 3.8) is 0 Å². The van der Waals surface area contributed by atoms with Crippen molar-refractivity contribution in [3.8, 4) is 17.6 Å². The number of esters is 1. The fourth-order valence-corrected chi connectivity index (χ4v) is 2.82. The number of nitriles is 1. The van der Waals surface area contributed by atoms with Crippen LogP contribution >= 0.6 is 0 Å². The molecule has 2 aromatic rings. The van der Waals surface area contributed by atoms with E-state index in [1.165, 1.54) is 6.08 Å². The maximum Gasteiger partial charge on any atom is 0.344 e. The molecule has 0 fully saturated rings. The maximum absolute atomic E-state index is 12.5. The molecule has 0 radical (unpaired) electrons. The van der Waals surface area contributed by atoms with E-state index in [0.29, 0.717) is 17.7 Å². The van der Waals surface area contributed by atoms with E-state index in [1.54, 1.807) is 50.4 Å². The number of benzene rings is 2. The van der Waals surface area contributed by atoms with Crippen LogP contribution in [0.3, 0.4) is 0 Å². The molecule has 0 aliphatic rings. The molecule has 2 rings (SSSR count). The van der Waals surface area contributed by atoms with Crippen LogP contribution in [0.1, 0.15) is 23.6 Å². The van der Waals surface area contributed by atoms with Crippen LogP contribution in [0.25, 0.3) is 6.08 Å². The zero-order valence-electron chi connectivity index (χ0n) is 18.2. The van der Waals surface area contributed by atoms with Gasteiger partial charge in [-0.3, -0.25) is 4.79 Å². The molecule has 166 valence electrons. The third kappa shape index (κ3) is 7.33. The summed E-state index contributed by atoms with van der Waals surface area (Å²) in [5.41, 5.74) is 2.28. The van der Waals surface area contributed by atoms with E-state index < -0.39 is 11.9 Å². The van der Waals surface area contributed by atoms with Gasteiger partial charge in [0.05, 0.1) is 13.7 Å². The molecule has 0 spiro atoms. The van der Waals surface area contributed by atoms with Gasteiger partial charge in [0.15, 0.2) is 6.61 Å². The third-order valence-electron chi connectivity index (χ3n) is 4.39. The van der Waals surface area contributed by atoms with Crippen molar-refractivity contribution in [2.75, 3.05) is 20.3 Å². The second-order valence-corrected chi connectivity index (χ2v) is 6.65. The molecule has 0 saturated heterocycles. The zero-order chi connectivity index (χ0) is 23.3. The maximum atomic E-state index is 12.5. The van der Waals surface area contributed by atoms with Crippen molar-refractivity contribution in [1.82, 2.24) is 5.32 Å². The molecule has 0 aromatic heterocycles. The van der Waals surface area contributed by atoms with Gasteiger partial charge < -0.3 is 19.5 Å². The molecular formula is C25H26N2O5. The minimum absolute atomic E-state index is 0.0248. The predicted octanol–water partition coefficient (Wildman–Crippen LogP) is 3.59. The summed E-state index contributed by atoms with van der Waals surface area (Å²) >= 11 is 0. The first-order valence-corrected chi connectivity index (χ1v) is 10.1. The molecule has 0 aliphatic heterocycles. The monoisotopic (exact) mass is 434 g/mol. The highest BCUT2D eigenvalue weighted by Crippen LogP contribution is 2.23. The van der Waals surface area contributed by atoms with Gasteiger partial charge in [-0.05, 0) is 60.4 Å². The van der Waals surface area contributed by atoms with Gasteiger partial charge in [0.25, 0.3) is 5.91 Å². The van der Waals surface area contributed by atoms with Crippen molar-refractivity contribution < 1.29 is 23.8 Å². The van der Waals surface area contributed by atoms with Crippen molar-refractivity contribution in [1.29, 1.82) is 5.26 Å². The Labute approximate surface area is 187 Å². The normalized spacial score (nSPS) is 10.6. The molecular weight excluding hydrogens is 408 g/mol. The molecule has 0 bridgehead atoms. The van der Waals surface area contributed by atoms with Gasteiger partial charge in [0.2, 0.25) is 0 Å². The Bertz CT molecular complexity index is 1020. The number of rotatable bonds is 11. The minimum atomic E-state index is -0.476. The Morgan fingerprint density at radius 3 is 2.56 bits per heavy atom. The molecule has 7 heteroatoms. The summed E-state index contributed by atoms with van der Waals surface area (Å²) in [5, 5.41) is 12.2. The van der Waals surface area contributed by atoms with Crippen LogP contribution in [-0.4, -0.2) is 32.2 Å². The van der Waals surface area contributed by atoms with E-state index >= 15 is 0 Å². The lowest BCUT2D eigenvalue weighted by Crippen LogP contribution is -2.23. The summed E-state index contributed by atoms with van der Waals surface area (Å²) in [5.74, 6) is 0.304. The molecule has 0 aliphatic carbocycles. The van der Waals surface area contributed by atoms with E-state index in [4.69, 9.17) is 14.2 Å². The minimum Gasteiger partial charge on any atom is -0.497 e. The van der Waals surface area contributed by atoms with Gasteiger partial charge in [0, 0.05) is 6.54 Å². The number of methoxy groups -OCH3 is 1. The molecule has 0 saturated carbocycles. The number of nitrogens with one attached hydrogen (secondary N) is 1. The highest BCUT2D eigenvalue weighted by molar-refractivity contribution is 6.01. The summed E-state index contributed by atoms with van der Waals surface area (Å²) in [6.07, 6.45) is 3.70. The molecule has 2 aromatic carbocycles. The van der Waals surface area contributed by atoms with Gasteiger partial charge in [-0.15, -0.1) is 6.58 Å². The Hall–Kier alpha value is -4.05. The first-order chi connectivity index (χ1) is 15.5. The SMILES string of the molecule is C=CCc1cc(/C=C(/C#N)C(=O)NCc2ccc(OC)cc2)ccc1OCC(=O)OCC. The average Bonchev–Trinajstić information content (AvgIpc) is 2.81. The first kappa shape index (κ1) is 24.2. The highest BCUT2D eigenvalue weighted by atomic mass is 16.6. The summed E-state index contributed by atoms with van der Waals surface area (Å²) in [6, 6.07) is 14.4. The average molecular weight is 434 g/mol. The molecule has 1 N–H and O–H groups in total. The lowest BCUT2D eigenvalue weighted by Gasteiger charge is -2.11. The predicted molar refractivity (Wildman–Crippen MR) is 121 cm³/mol. The van der Waals surface area contributed by atoms with Crippen LogP contribution < -0.4 is 14.8 Å². The lowest BCUT2D eigenvalue weighted by molar-refractivity contribution is -0.145. The number of nitrogens with zero attached hydrogens (tertiary/aromatic N) is 1. The summed E-state index contributed by atoms with van der Waals surface area (Å²) < 4.78 is 15.5. The topological polar surface area (TPSA) is 97.7 Å². The van der Waals surface area contributed by atoms with Crippen molar-refractivity contribution in [3.05, 3.63) is 77.4 Å². The summed E-state index contributed by atoms with van der Waals surface area (Å²) in [7, 11) is 1.58. The van der Waals surface area contributed by atoms with Crippen molar-refractivity contribution >= 4 is 18.0 Å². The molecule has 0 unspecified atom stereocenters. The Balaban J connectivity index is 2.11. The number of hydrogen-bond acceptors (Lipinski definition) is 6. The van der Waals surface area contributed by atoms with Crippen LogP contribution in [0.15, 0.2) is 60.7 Å². The van der Waals surface area contributed by atoms with Crippen LogP contribution in [0, 0.1) is 11.3 Å². The fourth-order valence-electron chi connectivity index (χ4n) is 2.82. The van der Waals surface area contributed by atoms with Gasteiger partial charge >= 0.3 is 5.97 Å². The Morgan fingerprint density at radius 1 is 1.19 bits per heavy atom. The van der Waals surface area contributed by atoms with Crippen LogP contribution in [0.5, 0.6) is 11.5 Å². The summed E-state index contributed by atoms with van der Waals surface area (Å²) in [4.78, 5) is 24.0. The Kier molecular flexibility index (Phi) is 9.54. The lowest BCUT2D eigenvalue weighted by atomic mass is 10.0. The second kappa shape index (κ2) is 12.6. The second-order valence-electron chi connectivity index (χ2n) is 6.65. The van der Waals surface area contributed by atoms with Gasteiger partial charge in [-0.2, -0.15) is 5.26 Å². The fraction of sp³-hybridized carbons (Fsp3) is 0.240. The van der Waals surface area contributed by atoms with Gasteiger partial charge in [-0.1, -0.05) is 24.3 Å². The smallest absolute Gasteiger partial charge is 0.344 e. The van der Waals surface area contributed by atoms with Crippen LogP contribution in [0.4, 0.5) is 0 Å². The number of ether oxygens (including phenoxy) is 3. The Morgan fingerprint density at radius 2 is 1.94 bits per heavy atom. The third-order valence-corrected chi connectivity index (χ3v) is 4.39. The van der Waals surface area contributed by atoms with E-state index in [0.717, 1.165) is 16.9 Å². The van der Waals surface area contributed by atoms with Crippen LogP contribution in [0.2, 0.25) is 0 Å². The number of hydrogen-bond donors (Lipinski definition) is 1. The van der Waals surface area contributed by atoms with Gasteiger partial charge in [-0.25, -0.2) is 4.79 Å². The summed E-state index contributed by atoms with van der Waals surface area (Å²) in [6.45, 7) is 5.82. The van der Waals surface area contributed by atoms with E-state index in [1.807, 2.05) is 18.2 Å². The van der Waals surface area contributed by atoms with E-state index in [-0.39, 0.29) is 25.3 Å². The van der Waals surface area contributed by atoms with E-state index in [2.05, 4.69) is 11.9 Å².